The lowest BCUT2D eigenvalue weighted by Crippen LogP contribution is -2.20. The summed E-state index contributed by atoms with van der Waals surface area (Å²) < 4.78 is 6.97. The number of rotatable bonds is 6. The van der Waals surface area contributed by atoms with Crippen LogP contribution < -0.4 is 10.9 Å². The fraction of sp³-hybridized carbons (Fsp3) is 0.222. The Labute approximate surface area is 163 Å². The number of benzene rings is 1. The highest BCUT2D eigenvalue weighted by molar-refractivity contribution is 7.99. The number of anilines is 1. The minimum absolute atomic E-state index is 0.107. The zero-order chi connectivity index (χ0) is 19.4. The second kappa shape index (κ2) is 8.36. The van der Waals surface area contributed by atoms with E-state index in [-0.39, 0.29) is 17.2 Å². The Kier molecular flexibility index (Phi) is 5.92. The van der Waals surface area contributed by atoms with E-state index in [0.717, 1.165) is 0 Å². The van der Waals surface area contributed by atoms with E-state index in [9.17, 15) is 14.4 Å². The van der Waals surface area contributed by atoms with Gasteiger partial charge in [-0.3, -0.25) is 14.2 Å². The third kappa shape index (κ3) is 4.37. The first-order valence-corrected chi connectivity index (χ1v) is 10.00. The zero-order valence-corrected chi connectivity index (χ0v) is 16.4. The van der Waals surface area contributed by atoms with Gasteiger partial charge in [-0.2, -0.15) is 0 Å². The van der Waals surface area contributed by atoms with Gasteiger partial charge in [0.05, 0.1) is 23.4 Å². The molecule has 0 aliphatic carbocycles. The van der Waals surface area contributed by atoms with Gasteiger partial charge in [-0.25, -0.2) is 9.78 Å². The molecule has 1 aromatic carbocycles. The van der Waals surface area contributed by atoms with E-state index in [2.05, 4.69) is 10.3 Å². The summed E-state index contributed by atoms with van der Waals surface area (Å²) in [6.45, 7) is 2.05. The number of ether oxygens (including phenoxy) is 1. The molecule has 2 aromatic heterocycles. The largest absolute Gasteiger partial charge is 0.462 e. The highest BCUT2D eigenvalue weighted by Gasteiger charge is 2.12. The molecule has 140 valence electrons. The highest BCUT2D eigenvalue weighted by atomic mass is 32.2. The zero-order valence-electron chi connectivity index (χ0n) is 14.7. The predicted molar refractivity (Wildman–Crippen MR) is 107 cm³/mol. The summed E-state index contributed by atoms with van der Waals surface area (Å²) in [6, 6.07) is 8.25. The summed E-state index contributed by atoms with van der Waals surface area (Å²) >= 11 is 2.54. The standard InChI is InChI=1S/C18H17N3O4S2/c1-3-25-17(24)11-4-6-12(7-5-11)19-14(22)10-27-18-20-13-8-9-26-15(13)16(23)21(18)2/h4-9H,3,10H2,1-2H3,(H,19,22). The lowest BCUT2D eigenvalue weighted by Gasteiger charge is -2.08. The van der Waals surface area contributed by atoms with Gasteiger partial charge in [-0.15, -0.1) is 11.3 Å². The van der Waals surface area contributed by atoms with Crippen molar-refractivity contribution in [3.8, 4) is 0 Å². The van der Waals surface area contributed by atoms with Crippen LogP contribution in [0.15, 0.2) is 45.7 Å². The number of fused-ring (bicyclic) bond motifs is 1. The van der Waals surface area contributed by atoms with Gasteiger partial charge < -0.3 is 10.1 Å². The lowest BCUT2D eigenvalue weighted by molar-refractivity contribution is -0.113. The molecule has 0 saturated carbocycles. The molecule has 0 unspecified atom stereocenters. The van der Waals surface area contributed by atoms with Crippen molar-refractivity contribution < 1.29 is 14.3 Å². The minimum atomic E-state index is -0.401. The minimum Gasteiger partial charge on any atom is -0.462 e. The van der Waals surface area contributed by atoms with Crippen molar-refractivity contribution in [1.29, 1.82) is 0 Å². The average molecular weight is 403 g/mol. The molecule has 3 rings (SSSR count). The second-order valence-electron chi connectivity index (χ2n) is 5.53. The summed E-state index contributed by atoms with van der Waals surface area (Å²) in [7, 11) is 1.64. The van der Waals surface area contributed by atoms with Crippen LogP contribution in [-0.2, 0) is 16.6 Å². The molecule has 7 nitrogen and oxygen atoms in total. The van der Waals surface area contributed by atoms with Crippen LogP contribution in [0.5, 0.6) is 0 Å². The first-order chi connectivity index (χ1) is 13.0. The number of carbonyl (C=O) groups excluding carboxylic acids is 2. The number of nitrogens with one attached hydrogen (secondary N) is 1. The van der Waals surface area contributed by atoms with Gasteiger partial charge in [0, 0.05) is 12.7 Å². The first kappa shape index (κ1) is 19.1. The van der Waals surface area contributed by atoms with Crippen LogP contribution in [0.2, 0.25) is 0 Å². The van der Waals surface area contributed by atoms with Gasteiger partial charge in [0.25, 0.3) is 5.56 Å². The Bertz CT molecular complexity index is 1040. The molecule has 0 radical (unpaired) electrons. The molecule has 1 amide bonds. The molecular weight excluding hydrogens is 386 g/mol. The number of nitrogens with zero attached hydrogens (tertiary/aromatic N) is 2. The van der Waals surface area contributed by atoms with Crippen molar-refractivity contribution in [2.45, 2.75) is 12.1 Å². The van der Waals surface area contributed by atoms with E-state index in [1.807, 2.05) is 5.38 Å². The van der Waals surface area contributed by atoms with Gasteiger partial charge in [0.2, 0.25) is 5.91 Å². The van der Waals surface area contributed by atoms with E-state index in [0.29, 0.717) is 33.2 Å². The summed E-state index contributed by atoms with van der Waals surface area (Å²) in [6.07, 6.45) is 0. The third-order valence-electron chi connectivity index (χ3n) is 3.66. The van der Waals surface area contributed by atoms with E-state index >= 15 is 0 Å². The van der Waals surface area contributed by atoms with Crippen LogP contribution in [0.4, 0.5) is 5.69 Å². The summed E-state index contributed by atoms with van der Waals surface area (Å²) in [4.78, 5) is 40.5. The topological polar surface area (TPSA) is 90.3 Å². The maximum absolute atomic E-state index is 12.3. The SMILES string of the molecule is CCOC(=O)c1ccc(NC(=O)CSc2nc3ccsc3c(=O)n2C)cc1. The number of hydrogen-bond acceptors (Lipinski definition) is 7. The molecule has 0 saturated heterocycles. The monoisotopic (exact) mass is 403 g/mol. The number of thiophene rings is 1. The van der Waals surface area contributed by atoms with E-state index in [1.54, 1.807) is 44.3 Å². The van der Waals surface area contributed by atoms with Crippen molar-refractivity contribution in [2.24, 2.45) is 7.05 Å². The van der Waals surface area contributed by atoms with Crippen LogP contribution in [0.1, 0.15) is 17.3 Å². The van der Waals surface area contributed by atoms with Gasteiger partial charge in [0.1, 0.15) is 4.70 Å². The van der Waals surface area contributed by atoms with Crippen LogP contribution in [0, 0.1) is 0 Å². The third-order valence-corrected chi connectivity index (χ3v) is 5.58. The van der Waals surface area contributed by atoms with E-state index in [4.69, 9.17) is 4.74 Å². The molecule has 0 aliphatic rings. The van der Waals surface area contributed by atoms with Crippen molar-refractivity contribution in [2.75, 3.05) is 17.7 Å². The van der Waals surface area contributed by atoms with Gasteiger partial charge in [-0.1, -0.05) is 11.8 Å². The molecule has 0 fully saturated rings. The molecule has 3 aromatic rings. The van der Waals surface area contributed by atoms with Gasteiger partial charge in [-0.05, 0) is 42.6 Å². The van der Waals surface area contributed by atoms with Crippen molar-refractivity contribution in [3.05, 3.63) is 51.6 Å². The van der Waals surface area contributed by atoms with Gasteiger partial charge >= 0.3 is 5.97 Å². The quantitative estimate of drug-likeness (QED) is 0.387. The molecule has 27 heavy (non-hydrogen) atoms. The number of carbonyl (C=O) groups is 2. The van der Waals surface area contributed by atoms with Crippen molar-refractivity contribution >= 4 is 50.9 Å². The Morgan fingerprint density at radius 3 is 2.70 bits per heavy atom. The maximum Gasteiger partial charge on any atom is 0.338 e. The van der Waals surface area contributed by atoms with Crippen molar-refractivity contribution in [3.63, 3.8) is 0 Å². The fourth-order valence-corrected chi connectivity index (χ4v) is 3.91. The van der Waals surface area contributed by atoms with E-state index in [1.165, 1.54) is 27.7 Å². The van der Waals surface area contributed by atoms with Gasteiger partial charge in [0.15, 0.2) is 5.16 Å². The Morgan fingerprint density at radius 1 is 1.26 bits per heavy atom. The highest BCUT2D eigenvalue weighted by Crippen LogP contribution is 2.20. The molecule has 0 bridgehead atoms. The molecule has 2 heterocycles. The smallest absolute Gasteiger partial charge is 0.338 e. The first-order valence-electron chi connectivity index (χ1n) is 8.13. The molecule has 0 atom stereocenters. The van der Waals surface area contributed by atoms with Crippen LogP contribution in [0.3, 0.4) is 0 Å². The van der Waals surface area contributed by atoms with Crippen LogP contribution in [-0.4, -0.2) is 33.8 Å². The molecule has 0 aliphatic heterocycles. The number of amides is 1. The Balaban J connectivity index is 1.62. The molecule has 0 spiro atoms. The molecule has 9 heteroatoms. The number of esters is 1. The molecular formula is C18H17N3O4S2. The summed E-state index contributed by atoms with van der Waals surface area (Å²) in [5.74, 6) is -0.527. The molecule has 1 N–H and O–H groups in total. The fourth-order valence-electron chi connectivity index (χ4n) is 2.33. The van der Waals surface area contributed by atoms with Crippen molar-refractivity contribution in [1.82, 2.24) is 9.55 Å². The number of thioether (sulfide) groups is 1. The van der Waals surface area contributed by atoms with Crippen LogP contribution >= 0.6 is 23.1 Å². The summed E-state index contributed by atoms with van der Waals surface area (Å²) in [5.41, 5.74) is 1.52. The summed E-state index contributed by atoms with van der Waals surface area (Å²) in [5, 5.41) is 5.06. The normalized spacial score (nSPS) is 10.7. The van der Waals surface area contributed by atoms with Crippen LogP contribution in [0.25, 0.3) is 10.2 Å². The number of hydrogen-bond donors (Lipinski definition) is 1. The Morgan fingerprint density at radius 2 is 2.00 bits per heavy atom. The average Bonchev–Trinajstić information content (AvgIpc) is 3.13. The predicted octanol–water partition coefficient (Wildman–Crippen LogP) is 2.90. The maximum atomic E-state index is 12.3. The second-order valence-corrected chi connectivity index (χ2v) is 7.39. The Hall–Kier alpha value is -2.65. The lowest BCUT2D eigenvalue weighted by atomic mass is 10.2. The number of aromatic nitrogens is 2. The van der Waals surface area contributed by atoms with E-state index < -0.39 is 5.97 Å².